The van der Waals surface area contributed by atoms with Crippen LogP contribution in [0.1, 0.15) is 18.1 Å². The lowest BCUT2D eigenvalue weighted by Crippen LogP contribution is -2.23. The predicted octanol–water partition coefficient (Wildman–Crippen LogP) is 1.36. The van der Waals surface area contributed by atoms with Crippen LogP contribution >= 0.6 is 0 Å². The number of benzene rings is 1. The van der Waals surface area contributed by atoms with Gasteiger partial charge in [0.15, 0.2) is 0 Å². The van der Waals surface area contributed by atoms with E-state index in [1.54, 1.807) is 0 Å². The molecule has 0 amide bonds. The maximum Gasteiger partial charge on any atom is 0.573 e. The minimum atomic E-state index is -4.88. The number of ether oxygens (including phenoxy) is 1. The molecular weight excluding hydrogens is 253 g/mol. The quantitative estimate of drug-likeness (QED) is 0.752. The highest BCUT2D eigenvalue weighted by Gasteiger charge is 2.33. The predicted molar refractivity (Wildman–Crippen MR) is 55.8 cm³/mol. The minimum Gasteiger partial charge on any atom is -0.405 e. The molecule has 1 aromatic carbocycles. The molecule has 0 aromatic heterocycles. The zero-order chi connectivity index (χ0) is 13.8. The Labute approximate surface area is 101 Å². The Bertz CT molecular complexity index is 381. The summed E-state index contributed by atoms with van der Waals surface area (Å²) in [6.45, 7) is -0.388. The summed E-state index contributed by atoms with van der Waals surface area (Å²) in [6, 6.07) is 4.98. The van der Waals surface area contributed by atoms with Gasteiger partial charge in [-0.05, 0) is 12.5 Å². The molecule has 1 aromatic rings. The van der Waals surface area contributed by atoms with Gasteiger partial charge in [0, 0.05) is 12.2 Å². The summed E-state index contributed by atoms with van der Waals surface area (Å²) in [5, 5.41) is 27.7. The summed E-state index contributed by atoms with van der Waals surface area (Å²) < 4.78 is 40.1. The molecule has 18 heavy (non-hydrogen) atoms. The van der Waals surface area contributed by atoms with Crippen LogP contribution in [0.3, 0.4) is 0 Å². The minimum absolute atomic E-state index is 0.151. The van der Waals surface area contributed by atoms with Crippen LogP contribution < -0.4 is 4.74 Å². The van der Waals surface area contributed by atoms with Gasteiger partial charge < -0.3 is 20.1 Å². The zero-order valence-electron chi connectivity index (χ0n) is 9.26. The van der Waals surface area contributed by atoms with Crippen molar-refractivity contribution in [1.29, 1.82) is 0 Å². The molecule has 0 saturated carbocycles. The highest BCUT2D eigenvalue weighted by atomic mass is 19.4. The standard InChI is InChI=1S/C11H13F3O4/c12-11(13,14)18-9-4-2-1-3-7(9)10(17)8(16)5-6-15/h1-4,8,10,15-17H,5-6H2. The average molecular weight is 266 g/mol. The van der Waals surface area contributed by atoms with Crippen LogP contribution in [-0.4, -0.2) is 34.4 Å². The van der Waals surface area contributed by atoms with Crippen molar-refractivity contribution in [1.82, 2.24) is 0 Å². The maximum absolute atomic E-state index is 12.1. The number of hydrogen-bond acceptors (Lipinski definition) is 4. The number of halogens is 3. The molecule has 0 fully saturated rings. The van der Waals surface area contributed by atoms with Crippen molar-refractivity contribution in [2.45, 2.75) is 25.0 Å². The molecule has 0 aliphatic carbocycles. The molecule has 0 aliphatic heterocycles. The molecule has 0 aliphatic rings. The van der Waals surface area contributed by atoms with Gasteiger partial charge in [-0.25, -0.2) is 0 Å². The Morgan fingerprint density at radius 2 is 1.78 bits per heavy atom. The topological polar surface area (TPSA) is 69.9 Å². The van der Waals surface area contributed by atoms with E-state index in [4.69, 9.17) is 5.11 Å². The number of aliphatic hydroxyl groups excluding tert-OH is 3. The molecule has 0 spiro atoms. The highest BCUT2D eigenvalue weighted by molar-refractivity contribution is 5.35. The van der Waals surface area contributed by atoms with Crippen molar-refractivity contribution < 1.29 is 33.2 Å². The smallest absolute Gasteiger partial charge is 0.405 e. The first-order valence-corrected chi connectivity index (χ1v) is 5.17. The van der Waals surface area contributed by atoms with Gasteiger partial charge in [-0.15, -0.1) is 13.2 Å². The van der Waals surface area contributed by atoms with Crippen LogP contribution in [0, 0.1) is 0 Å². The van der Waals surface area contributed by atoms with Crippen molar-refractivity contribution in [3.63, 3.8) is 0 Å². The molecule has 0 saturated heterocycles. The maximum atomic E-state index is 12.1. The summed E-state index contributed by atoms with van der Waals surface area (Å²) in [7, 11) is 0. The first-order valence-electron chi connectivity index (χ1n) is 5.17. The van der Waals surface area contributed by atoms with Crippen molar-refractivity contribution in [2.24, 2.45) is 0 Å². The van der Waals surface area contributed by atoms with Gasteiger partial charge in [-0.1, -0.05) is 18.2 Å². The lowest BCUT2D eigenvalue weighted by Gasteiger charge is -2.20. The van der Waals surface area contributed by atoms with Gasteiger partial charge >= 0.3 is 6.36 Å². The lowest BCUT2D eigenvalue weighted by atomic mass is 10.0. The summed E-state index contributed by atoms with van der Waals surface area (Å²) in [4.78, 5) is 0. The number of alkyl halides is 3. The van der Waals surface area contributed by atoms with E-state index < -0.39 is 24.3 Å². The fourth-order valence-electron chi connectivity index (χ4n) is 1.44. The molecule has 2 unspecified atom stereocenters. The lowest BCUT2D eigenvalue weighted by molar-refractivity contribution is -0.275. The Morgan fingerprint density at radius 3 is 2.33 bits per heavy atom. The molecular formula is C11H13F3O4. The van der Waals surface area contributed by atoms with Gasteiger partial charge in [-0.3, -0.25) is 0 Å². The van der Waals surface area contributed by atoms with Crippen LogP contribution in [0.4, 0.5) is 13.2 Å². The summed E-state index contributed by atoms with van der Waals surface area (Å²) in [6.07, 6.45) is -7.96. The largest absolute Gasteiger partial charge is 0.573 e. The molecule has 0 heterocycles. The Morgan fingerprint density at radius 1 is 1.17 bits per heavy atom. The monoisotopic (exact) mass is 266 g/mol. The fraction of sp³-hybridized carbons (Fsp3) is 0.455. The van der Waals surface area contributed by atoms with E-state index in [-0.39, 0.29) is 18.6 Å². The van der Waals surface area contributed by atoms with E-state index in [2.05, 4.69) is 4.74 Å². The normalized spacial score (nSPS) is 15.2. The SMILES string of the molecule is OCCC(O)C(O)c1ccccc1OC(F)(F)F. The molecule has 2 atom stereocenters. The van der Waals surface area contributed by atoms with Crippen molar-refractivity contribution in [3.05, 3.63) is 29.8 Å². The fourth-order valence-corrected chi connectivity index (χ4v) is 1.44. The molecule has 7 heteroatoms. The van der Waals surface area contributed by atoms with Gasteiger partial charge in [0.05, 0.1) is 6.10 Å². The third kappa shape index (κ3) is 4.17. The number of aliphatic hydroxyl groups is 3. The Hall–Kier alpha value is -1.31. The van der Waals surface area contributed by atoms with Gasteiger partial charge in [0.2, 0.25) is 0 Å². The van der Waals surface area contributed by atoms with E-state index in [0.717, 1.165) is 6.07 Å². The van der Waals surface area contributed by atoms with E-state index in [1.165, 1.54) is 18.2 Å². The third-order valence-corrected chi connectivity index (χ3v) is 2.25. The third-order valence-electron chi connectivity index (χ3n) is 2.25. The number of para-hydroxylation sites is 1. The van der Waals surface area contributed by atoms with Crippen LogP contribution in [-0.2, 0) is 0 Å². The van der Waals surface area contributed by atoms with Crippen molar-refractivity contribution in [2.75, 3.05) is 6.61 Å². The first kappa shape index (κ1) is 14.7. The van der Waals surface area contributed by atoms with E-state index in [9.17, 15) is 23.4 Å². The Balaban J connectivity index is 2.94. The Kier molecular flexibility index (Phi) is 4.94. The van der Waals surface area contributed by atoms with Crippen LogP contribution in [0.2, 0.25) is 0 Å². The van der Waals surface area contributed by atoms with E-state index >= 15 is 0 Å². The van der Waals surface area contributed by atoms with Crippen molar-refractivity contribution >= 4 is 0 Å². The van der Waals surface area contributed by atoms with Crippen molar-refractivity contribution in [3.8, 4) is 5.75 Å². The average Bonchev–Trinajstić information content (AvgIpc) is 2.27. The van der Waals surface area contributed by atoms with Crippen LogP contribution in [0.25, 0.3) is 0 Å². The first-order chi connectivity index (χ1) is 8.35. The number of hydrogen-bond donors (Lipinski definition) is 3. The summed E-state index contributed by atoms with van der Waals surface area (Å²) in [5.41, 5.74) is -0.184. The van der Waals surface area contributed by atoms with Gasteiger partial charge in [-0.2, -0.15) is 0 Å². The van der Waals surface area contributed by atoms with Gasteiger partial charge in [0.1, 0.15) is 11.9 Å². The van der Waals surface area contributed by atoms with E-state index in [1.807, 2.05) is 0 Å². The molecule has 4 nitrogen and oxygen atoms in total. The summed E-state index contributed by atoms with van der Waals surface area (Å²) in [5.74, 6) is -0.575. The zero-order valence-corrected chi connectivity index (χ0v) is 9.26. The highest BCUT2D eigenvalue weighted by Crippen LogP contribution is 2.32. The number of rotatable bonds is 5. The molecule has 0 radical (unpaired) electrons. The second kappa shape index (κ2) is 6.03. The van der Waals surface area contributed by atoms with Crippen LogP contribution in [0.15, 0.2) is 24.3 Å². The summed E-state index contributed by atoms with van der Waals surface area (Å²) >= 11 is 0. The second-order valence-electron chi connectivity index (χ2n) is 3.61. The molecule has 3 N–H and O–H groups in total. The second-order valence-corrected chi connectivity index (χ2v) is 3.61. The molecule has 1 rings (SSSR count). The van der Waals surface area contributed by atoms with Crippen LogP contribution in [0.5, 0.6) is 5.75 Å². The van der Waals surface area contributed by atoms with Gasteiger partial charge in [0.25, 0.3) is 0 Å². The molecule has 0 bridgehead atoms. The molecule has 102 valence electrons. The van der Waals surface area contributed by atoms with E-state index in [0.29, 0.717) is 0 Å².